The molecular weight excluding hydrogens is 254 g/mol. The van der Waals surface area contributed by atoms with Crippen molar-refractivity contribution in [2.75, 3.05) is 7.05 Å². The minimum atomic E-state index is 0.273. The molecule has 1 N–H and O–H groups in total. The fourth-order valence-electron chi connectivity index (χ4n) is 3.27. The molecule has 0 fully saturated rings. The predicted molar refractivity (Wildman–Crippen MR) is 97.8 cm³/mol. The van der Waals surface area contributed by atoms with Gasteiger partial charge in [0.1, 0.15) is 0 Å². The van der Waals surface area contributed by atoms with Gasteiger partial charge in [0, 0.05) is 5.54 Å². The first kappa shape index (κ1) is 20.7. The minimum Gasteiger partial charge on any atom is -0.315 e. The zero-order valence-electron chi connectivity index (χ0n) is 16.3. The Morgan fingerprint density at radius 2 is 1.52 bits per heavy atom. The Hall–Kier alpha value is -0.300. The van der Waals surface area contributed by atoms with Gasteiger partial charge in [-0.15, -0.1) is 0 Å². The molecule has 0 amide bonds. The van der Waals surface area contributed by atoms with Crippen LogP contribution in [0.1, 0.15) is 93.9 Å². The van der Waals surface area contributed by atoms with Gasteiger partial charge in [-0.3, -0.25) is 0 Å². The molecule has 0 heterocycles. The topological polar surface area (TPSA) is 12.0 Å². The van der Waals surface area contributed by atoms with Crippen molar-refractivity contribution in [3.63, 3.8) is 0 Å². The molecule has 0 saturated heterocycles. The van der Waals surface area contributed by atoms with E-state index < -0.39 is 0 Å². The molecule has 0 aliphatic rings. The fourth-order valence-corrected chi connectivity index (χ4v) is 3.27. The Morgan fingerprint density at radius 1 is 0.952 bits per heavy atom. The van der Waals surface area contributed by atoms with Crippen LogP contribution in [-0.2, 0) is 0 Å². The van der Waals surface area contributed by atoms with Gasteiger partial charge in [-0.2, -0.15) is 0 Å². The summed E-state index contributed by atoms with van der Waals surface area (Å²) in [5, 5.41) is 3.38. The van der Waals surface area contributed by atoms with Crippen LogP contribution in [0.15, 0.2) is 11.6 Å². The molecule has 21 heavy (non-hydrogen) atoms. The van der Waals surface area contributed by atoms with Crippen LogP contribution in [0.4, 0.5) is 0 Å². The molecule has 126 valence electrons. The highest BCUT2D eigenvalue weighted by atomic mass is 14.9. The summed E-state index contributed by atoms with van der Waals surface area (Å²) in [4.78, 5) is 0. The number of nitrogens with one attached hydrogen (secondary N) is 1. The third-order valence-electron chi connectivity index (χ3n) is 4.37. The van der Waals surface area contributed by atoms with Gasteiger partial charge in [-0.1, -0.05) is 46.3 Å². The van der Waals surface area contributed by atoms with E-state index in [0.29, 0.717) is 10.8 Å². The summed E-state index contributed by atoms with van der Waals surface area (Å²) in [6.07, 6.45) is 10.0. The van der Waals surface area contributed by atoms with E-state index in [0.717, 1.165) is 0 Å². The highest BCUT2D eigenvalue weighted by Crippen LogP contribution is 2.36. The summed E-state index contributed by atoms with van der Waals surface area (Å²) in [6.45, 7) is 18.7. The van der Waals surface area contributed by atoms with Crippen LogP contribution in [0, 0.1) is 10.8 Å². The van der Waals surface area contributed by atoms with E-state index in [-0.39, 0.29) is 5.54 Å². The lowest BCUT2D eigenvalue weighted by molar-refractivity contribution is 0.200. The number of rotatable bonds is 9. The second-order valence-electron chi connectivity index (χ2n) is 9.48. The molecule has 0 aromatic carbocycles. The summed E-state index contributed by atoms with van der Waals surface area (Å²) in [6, 6.07) is 0. The van der Waals surface area contributed by atoms with Crippen LogP contribution in [-0.4, -0.2) is 12.6 Å². The third-order valence-corrected chi connectivity index (χ3v) is 4.37. The Morgan fingerprint density at radius 3 is 2.00 bits per heavy atom. The van der Waals surface area contributed by atoms with Gasteiger partial charge in [0.25, 0.3) is 0 Å². The van der Waals surface area contributed by atoms with Gasteiger partial charge < -0.3 is 5.32 Å². The molecule has 0 unspecified atom stereocenters. The molecule has 0 aliphatic heterocycles. The van der Waals surface area contributed by atoms with Gasteiger partial charge in [-0.05, 0) is 77.2 Å². The van der Waals surface area contributed by atoms with Gasteiger partial charge in [-0.25, -0.2) is 0 Å². The van der Waals surface area contributed by atoms with Crippen LogP contribution in [0.5, 0.6) is 0 Å². The quantitative estimate of drug-likeness (QED) is 0.489. The molecule has 0 aromatic rings. The van der Waals surface area contributed by atoms with E-state index in [1.807, 2.05) is 0 Å². The zero-order chi connectivity index (χ0) is 16.7. The maximum atomic E-state index is 3.38. The highest BCUT2D eigenvalue weighted by molar-refractivity contribution is 4.99. The first-order valence-electron chi connectivity index (χ1n) is 8.71. The normalized spacial score (nSPS) is 14.6. The van der Waals surface area contributed by atoms with Crippen molar-refractivity contribution in [1.82, 2.24) is 5.32 Å². The second kappa shape index (κ2) is 8.36. The Labute approximate surface area is 135 Å². The summed E-state index contributed by atoms with van der Waals surface area (Å²) >= 11 is 0. The molecule has 0 aromatic heterocycles. The Balaban J connectivity index is 4.08. The van der Waals surface area contributed by atoms with Crippen molar-refractivity contribution in [2.24, 2.45) is 10.8 Å². The van der Waals surface area contributed by atoms with Crippen LogP contribution < -0.4 is 5.32 Å². The standard InChI is InChI=1S/C20H41N/c1-17(13-11-15-20(7,8)21-9)12-10-14-19(5,6)16-18(2,3)4/h12,21H,10-11,13-16H2,1-9H3. The first-order valence-corrected chi connectivity index (χ1v) is 8.71. The van der Waals surface area contributed by atoms with Crippen molar-refractivity contribution in [2.45, 2.75) is 99.5 Å². The molecular formula is C20H41N. The van der Waals surface area contributed by atoms with Crippen LogP contribution in [0.2, 0.25) is 0 Å². The number of allylic oxidation sites excluding steroid dienone is 2. The molecule has 1 nitrogen and oxygen atoms in total. The van der Waals surface area contributed by atoms with Gasteiger partial charge >= 0.3 is 0 Å². The second-order valence-corrected chi connectivity index (χ2v) is 9.48. The van der Waals surface area contributed by atoms with Crippen molar-refractivity contribution in [3.05, 3.63) is 11.6 Å². The van der Waals surface area contributed by atoms with Gasteiger partial charge in [0.15, 0.2) is 0 Å². The van der Waals surface area contributed by atoms with Crippen molar-refractivity contribution in [3.8, 4) is 0 Å². The van der Waals surface area contributed by atoms with E-state index in [2.05, 4.69) is 73.8 Å². The summed E-state index contributed by atoms with van der Waals surface area (Å²) in [7, 11) is 2.06. The van der Waals surface area contributed by atoms with E-state index >= 15 is 0 Å². The maximum Gasteiger partial charge on any atom is 0.0122 e. The van der Waals surface area contributed by atoms with Crippen LogP contribution in [0.25, 0.3) is 0 Å². The first-order chi connectivity index (χ1) is 9.37. The molecule has 0 aliphatic carbocycles. The van der Waals surface area contributed by atoms with Crippen LogP contribution >= 0.6 is 0 Å². The SMILES string of the molecule is CNC(C)(C)CCCC(C)=CCCC(C)(C)CC(C)(C)C. The molecule has 0 radical (unpaired) electrons. The van der Waals surface area contributed by atoms with Crippen molar-refractivity contribution < 1.29 is 0 Å². The van der Waals surface area contributed by atoms with E-state index in [4.69, 9.17) is 0 Å². The number of hydrogen-bond donors (Lipinski definition) is 1. The molecule has 0 rings (SSSR count). The van der Waals surface area contributed by atoms with Crippen molar-refractivity contribution >= 4 is 0 Å². The summed E-state index contributed by atoms with van der Waals surface area (Å²) in [5.41, 5.74) is 2.72. The summed E-state index contributed by atoms with van der Waals surface area (Å²) in [5.74, 6) is 0. The smallest absolute Gasteiger partial charge is 0.0122 e. The lowest BCUT2D eigenvalue weighted by atomic mass is 9.74. The van der Waals surface area contributed by atoms with E-state index in [1.54, 1.807) is 5.57 Å². The molecule has 0 bridgehead atoms. The fraction of sp³-hybridized carbons (Fsp3) is 0.900. The van der Waals surface area contributed by atoms with E-state index in [9.17, 15) is 0 Å². The summed E-state index contributed by atoms with van der Waals surface area (Å²) < 4.78 is 0. The monoisotopic (exact) mass is 295 g/mol. The average molecular weight is 296 g/mol. The Kier molecular flexibility index (Phi) is 8.24. The van der Waals surface area contributed by atoms with E-state index in [1.165, 1.54) is 38.5 Å². The highest BCUT2D eigenvalue weighted by Gasteiger charge is 2.24. The zero-order valence-corrected chi connectivity index (χ0v) is 16.3. The average Bonchev–Trinajstić information content (AvgIpc) is 2.25. The molecule has 1 heteroatoms. The lowest BCUT2D eigenvalue weighted by Crippen LogP contribution is -2.35. The molecule has 0 spiro atoms. The predicted octanol–water partition coefficient (Wildman–Crippen LogP) is 6.34. The number of hydrogen-bond acceptors (Lipinski definition) is 1. The maximum absolute atomic E-state index is 3.38. The molecule has 0 saturated carbocycles. The van der Waals surface area contributed by atoms with Crippen molar-refractivity contribution in [1.29, 1.82) is 0 Å². The van der Waals surface area contributed by atoms with Crippen LogP contribution in [0.3, 0.4) is 0 Å². The Bertz CT molecular complexity index is 315. The van der Waals surface area contributed by atoms with Gasteiger partial charge in [0.2, 0.25) is 0 Å². The third kappa shape index (κ3) is 12.0. The lowest BCUT2D eigenvalue weighted by Gasteiger charge is -2.32. The largest absolute Gasteiger partial charge is 0.315 e. The minimum absolute atomic E-state index is 0.273. The van der Waals surface area contributed by atoms with Gasteiger partial charge in [0.05, 0.1) is 0 Å². The molecule has 0 atom stereocenters.